The van der Waals surface area contributed by atoms with E-state index in [1.807, 2.05) is 0 Å². The van der Waals surface area contributed by atoms with Crippen molar-refractivity contribution < 1.29 is 0 Å². The van der Waals surface area contributed by atoms with Gasteiger partial charge in [-0.05, 0) is 175 Å². The first-order chi connectivity index (χ1) is 26.3. The largest absolute Gasteiger partial charge is 0.292 e. The van der Waals surface area contributed by atoms with Gasteiger partial charge in [0.25, 0.3) is 0 Å². The molecule has 4 saturated heterocycles. The van der Waals surface area contributed by atoms with Gasteiger partial charge in [0.2, 0.25) is 0 Å². The van der Waals surface area contributed by atoms with E-state index in [0.717, 1.165) is 119 Å². The zero-order valence-corrected chi connectivity index (χ0v) is 36.6. The zero-order chi connectivity index (χ0) is 34.6. The summed E-state index contributed by atoms with van der Waals surface area (Å²) in [6.07, 6.45) is 42.3. The van der Waals surface area contributed by atoms with Gasteiger partial charge in [-0.25, -0.2) is 0 Å². The van der Waals surface area contributed by atoms with Gasteiger partial charge in [-0.3, -0.25) is 4.90 Å². The molecule has 0 amide bonds. The maximum atomic E-state index is 3.50. The monoisotopic (exact) mass is 793 g/mol. The number of hydrogen-bond acceptors (Lipinski definition) is 5. The van der Waals surface area contributed by atoms with Crippen molar-refractivity contribution in [3.63, 3.8) is 0 Å². The molecule has 8 aliphatic carbocycles. The van der Waals surface area contributed by atoms with E-state index >= 15 is 0 Å². The van der Waals surface area contributed by atoms with Crippen molar-refractivity contribution in [3.8, 4) is 0 Å². The van der Waals surface area contributed by atoms with E-state index in [2.05, 4.69) is 51.9 Å². The van der Waals surface area contributed by atoms with Crippen LogP contribution in [0.3, 0.4) is 0 Å². The van der Waals surface area contributed by atoms with Gasteiger partial charge >= 0.3 is 0 Å². The molecule has 0 aromatic rings. The molecule has 12 fully saturated rings. The lowest BCUT2D eigenvalue weighted by molar-refractivity contribution is -0.00837. The molecule has 12 rings (SSSR count). The highest BCUT2D eigenvalue weighted by atomic mass is 32.2. The van der Waals surface area contributed by atoms with E-state index in [4.69, 9.17) is 0 Å². The number of hydrogen-bond donors (Lipinski definition) is 0. The quantitative estimate of drug-likeness (QED) is 0.278. The second-order valence-electron chi connectivity index (χ2n) is 21.8. The predicted octanol–water partition coefficient (Wildman–Crippen LogP) is 13.1. The third kappa shape index (κ3) is 6.14. The molecule has 12 aliphatic rings. The summed E-state index contributed by atoms with van der Waals surface area (Å²) < 4.78 is 0. The standard InChI is InChI=1S/C48H75NS4/c1-4-19-40-31(10-1)33-15-8-17-38(46(33)51-40)49(39-18-9-16-34-32-11-2-5-20-41(32)52-47(34)39)29-24-22-28(23-25-29)30-13-7-14-35-36-26-27-43-44(48(36)53-45(30)35)37-12-3-6-21-42(37)50-43/h28-48H,1-27H2. The first-order valence-corrected chi connectivity index (χ1v) is 28.4. The molecule has 19 atom stereocenters. The molecule has 0 aromatic carbocycles. The minimum atomic E-state index is 0.905. The summed E-state index contributed by atoms with van der Waals surface area (Å²) in [5.74, 6) is 10.8. The van der Waals surface area contributed by atoms with Crippen LogP contribution < -0.4 is 0 Å². The number of thioether (sulfide) groups is 4. The lowest BCUT2D eigenvalue weighted by atomic mass is 9.62. The molecule has 4 aliphatic heterocycles. The molecule has 53 heavy (non-hydrogen) atoms. The van der Waals surface area contributed by atoms with Crippen LogP contribution in [-0.4, -0.2) is 65.0 Å². The van der Waals surface area contributed by atoms with Crippen molar-refractivity contribution in [2.45, 2.75) is 233 Å². The second-order valence-corrected chi connectivity index (χ2v) is 27.5. The Kier molecular flexibility index (Phi) is 10.3. The minimum Gasteiger partial charge on any atom is -0.292 e. The fraction of sp³-hybridized carbons (Fsp3) is 1.00. The van der Waals surface area contributed by atoms with Gasteiger partial charge in [0.05, 0.1) is 0 Å². The van der Waals surface area contributed by atoms with Gasteiger partial charge < -0.3 is 0 Å². The highest BCUT2D eigenvalue weighted by molar-refractivity contribution is 8.02. The van der Waals surface area contributed by atoms with Gasteiger partial charge in [-0.15, -0.1) is 0 Å². The fourth-order valence-electron chi connectivity index (χ4n) is 18.0. The first kappa shape index (κ1) is 36.2. The summed E-state index contributed by atoms with van der Waals surface area (Å²) >= 11 is 10.4. The SMILES string of the molecule is C1CCC2C(C1)SC1C2CCCC1N(C1CCC(C2CCCC3C4CCC5SC6CCCCC6C5C4SC23)CC1)C1CCCC2C3CCCCC3SC21. The molecular formula is C48H75NS4. The van der Waals surface area contributed by atoms with Crippen LogP contribution in [0, 0.1) is 59.2 Å². The van der Waals surface area contributed by atoms with E-state index in [9.17, 15) is 0 Å². The fourth-order valence-corrected chi connectivity index (χ4v) is 27.2. The van der Waals surface area contributed by atoms with E-state index in [1.54, 1.807) is 154 Å². The molecule has 19 unspecified atom stereocenters. The molecule has 0 N–H and O–H groups in total. The van der Waals surface area contributed by atoms with E-state index in [1.165, 1.54) is 19.3 Å². The van der Waals surface area contributed by atoms with Gasteiger partial charge in [-0.1, -0.05) is 57.8 Å². The number of nitrogens with zero attached hydrogens (tertiary/aromatic N) is 1. The summed E-state index contributed by atoms with van der Waals surface area (Å²) in [6, 6.07) is 2.72. The van der Waals surface area contributed by atoms with Crippen molar-refractivity contribution in [1.82, 2.24) is 4.90 Å². The Morgan fingerprint density at radius 2 is 0.774 bits per heavy atom. The van der Waals surface area contributed by atoms with Crippen LogP contribution in [-0.2, 0) is 0 Å². The molecule has 0 aromatic heterocycles. The molecule has 296 valence electrons. The molecule has 0 spiro atoms. The zero-order valence-electron chi connectivity index (χ0n) is 33.3. The van der Waals surface area contributed by atoms with Crippen LogP contribution >= 0.6 is 47.0 Å². The molecule has 8 saturated carbocycles. The van der Waals surface area contributed by atoms with Crippen LogP contribution in [0.15, 0.2) is 0 Å². The van der Waals surface area contributed by atoms with E-state index in [0.29, 0.717) is 0 Å². The Morgan fingerprint density at radius 1 is 0.283 bits per heavy atom. The molecule has 5 heteroatoms. The van der Waals surface area contributed by atoms with Gasteiger partial charge in [0.1, 0.15) is 0 Å². The van der Waals surface area contributed by atoms with Crippen molar-refractivity contribution >= 4 is 47.0 Å². The summed E-state index contributed by atoms with van der Waals surface area (Å²) in [6.45, 7) is 0. The van der Waals surface area contributed by atoms with Gasteiger partial charge in [0.15, 0.2) is 0 Å². The smallest absolute Gasteiger partial charge is 0.0237 e. The van der Waals surface area contributed by atoms with Crippen LogP contribution in [0.1, 0.15) is 173 Å². The van der Waals surface area contributed by atoms with Crippen LogP contribution in [0.2, 0.25) is 0 Å². The average molecular weight is 794 g/mol. The van der Waals surface area contributed by atoms with Crippen molar-refractivity contribution in [2.24, 2.45) is 59.2 Å². The number of rotatable bonds is 4. The topological polar surface area (TPSA) is 3.24 Å². The summed E-state index contributed by atoms with van der Waals surface area (Å²) in [5.41, 5.74) is 0. The highest BCUT2D eigenvalue weighted by Crippen LogP contribution is 2.66. The highest BCUT2D eigenvalue weighted by Gasteiger charge is 2.60. The normalized spacial score (nSPS) is 57.3. The summed E-state index contributed by atoms with van der Waals surface area (Å²) in [7, 11) is 0. The molecule has 1 nitrogen and oxygen atoms in total. The third-order valence-electron chi connectivity index (χ3n) is 19.9. The average Bonchev–Trinajstić information content (AvgIpc) is 3.98. The summed E-state index contributed by atoms with van der Waals surface area (Å²) in [4.78, 5) is 3.50. The van der Waals surface area contributed by atoms with E-state index < -0.39 is 0 Å². The molecule has 4 heterocycles. The molecule has 0 radical (unpaired) electrons. The Balaban J connectivity index is 0.792. The van der Waals surface area contributed by atoms with Gasteiger partial charge in [-0.2, -0.15) is 47.0 Å². The lowest BCUT2D eigenvalue weighted by Gasteiger charge is -2.54. The predicted molar refractivity (Wildman–Crippen MR) is 233 cm³/mol. The Hall–Kier alpha value is 1.36. The second kappa shape index (κ2) is 15.1. The number of fused-ring (bicyclic) bond motifs is 13. The minimum absolute atomic E-state index is 0.905. The van der Waals surface area contributed by atoms with Crippen LogP contribution in [0.25, 0.3) is 0 Å². The molecule has 0 bridgehead atoms. The van der Waals surface area contributed by atoms with Crippen LogP contribution in [0.4, 0.5) is 0 Å². The third-order valence-corrected chi connectivity index (χ3v) is 27.5. The first-order valence-electron chi connectivity index (χ1n) is 24.7. The van der Waals surface area contributed by atoms with E-state index in [-0.39, 0.29) is 0 Å². The molecular weight excluding hydrogens is 719 g/mol. The van der Waals surface area contributed by atoms with Crippen LogP contribution in [0.5, 0.6) is 0 Å². The maximum Gasteiger partial charge on any atom is 0.0237 e. The lowest BCUT2D eigenvalue weighted by Crippen LogP contribution is -2.60. The Labute approximate surface area is 342 Å². The van der Waals surface area contributed by atoms with Gasteiger partial charge in [0, 0.05) is 60.1 Å². The Morgan fingerprint density at radius 3 is 1.42 bits per heavy atom. The maximum absolute atomic E-state index is 3.50. The van der Waals surface area contributed by atoms with Crippen molar-refractivity contribution in [1.29, 1.82) is 0 Å². The van der Waals surface area contributed by atoms with Crippen molar-refractivity contribution in [2.75, 3.05) is 0 Å². The van der Waals surface area contributed by atoms with Crippen molar-refractivity contribution in [3.05, 3.63) is 0 Å². The summed E-state index contributed by atoms with van der Waals surface area (Å²) in [5, 5.41) is 8.17. The Bertz CT molecular complexity index is 1250.